The van der Waals surface area contributed by atoms with Crippen LogP contribution >= 0.6 is 0 Å². The molecule has 6 heteroatoms. The molecule has 0 fully saturated rings. The van der Waals surface area contributed by atoms with E-state index in [1.165, 1.54) is 0 Å². The average molecular weight is 488 g/mol. The maximum absolute atomic E-state index is 11.5. The summed E-state index contributed by atoms with van der Waals surface area (Å²) < 4.78 is 17.6. The summed E-state index contributed by atoms with van der Waals surface area (Å²) in [5.74, 6) is 0.0724. The highest BCUT2D eigenvalue weighted by Crippen LogP contribution is 2.41. The fourth-order valence-electron chi connectivity index (χ4n) is 3.72. The van der Waals surface area contributed by atoms with Crippen molar-refractivity contribution in [3.8, 4) is 22.8 Å². The fraction of sp³-hybridized carbons (Fsp3) is 0.267. The largest absolute Gasteiger partial charge is 0.488 e. The number of carboxylic acid groups (broad SMARTS) is 1. The second kappa shape index (κ2) is 12.6. The zero-order valence-electron chi connectivity index (χ0n) is 21.4. The van der Waals surface area contributed by atoms with E-state index in [1.54, 1.807) is 6.92 Å². The summed E-state index contributed by atoms with van der Waals surface area (Å²) in [7, 11) is 0. The number of nitrogens with zero attached hydrogens (tertiary/aromatic N) is 1. The van der Waals surface area contributed by atoms with Gasteiger partial charge < -0.3 is 19.1 Å². The first-order valence-electron chi connectivity index (χ1n) is 12.2. The minimum absolute atomic E-state index is 0.152. The number of aromatic nitrogens is 1. The normalized spacial score (nSPS) is 10.5. The van der Waals surface area contributed by atoms with Gasteiger partial charge >= 0.3 is 5.97 Å². The fourth-order valence-corrected chi connectivity index (χ4v) is 3.72. The smallest absolute Gasteiger partial charge is 0.375 e. The molecule has 4 aromatic rings. The Morgan fingerprint density at radius 3 is 1.89 bits per heavy atom. The van der Waals surface area contributed by atoms with E-state index in [0.717, 1.165) is 16.7 Å². The maximum Gasteiger partial charge on any atom is 0.375 e. The van der Waals surface area contributed by atoms with Gasteiger partial charge in [-0.1, -0.05) is 93.5 Å². The van der Waals surface area contributed by atoms with Crippen LogP contribution in [0.15, 0.2) is 77.3 Å². The van der Waals surface area contributed by atoms with E-state index in [9.17, 15) is 9.90 Å². The van der Waals surface area contributed by atoms with Crippen LogP contribution in [0.5, 0.6) is 11.5 Å². The topological polar surface area (TPSA) is 81.8 Å². The highest BCUT2D eigenvalue weighted by atomic mass is 16.5. The lowest BCUT2D eigenvalue weighted by molar-refractivity contribution is 0.0651. The Balaban J connectivity index is 0.00000176. The van der Waals surface area contributed by atoms with Crippen LogP contribution in [-0.2, 0) is 13.2 Å². The van der Waals surface area contributed by atoms with Crippen molar-refractivity contribution in [3.05, 3.63) is 101 Å². The highest BCUT2D eigenvalue weighted by Gasteiger charge is 2.24. The van der Waals surface area contributed by atoms with E-state index < -0.39 is 5.97 Å². The Bertz CT molecular complexity index is 1260. The van der Waals surface area contributed by atoms with Crippen LogP contribution in [0, 0.1) is 6.92 Å². The van der Waals surface area contributed by atoms with Gasteiger partial charge in [-0.3, -0.25) is 0 Å². The van der Waals surface area contributed by atoms with Gasteiger partial charge in [0, 0.05) is 17.2 Å². The van der Waals surface area contributed by atoms with Gasteiger partial charge in [0.2, 0.25) is 5.76 Å². The lowest BCUT2D eigenvalue weighted by Crippen LogP contribution is -2.04. The van der Waals surface area contributed by atoms with Crippen molar-refractivity contribution in [1.29, 1.82) is 0 Å². The van der Waals surface area contributed by atoms with E-state index in [-0.39, 0.29) is 11.7 Å². The van der Waals surface area contributed by atoms with Gasteiger partial charge in [-0.15, -0.1) is 0 Å². The molecule has 4 rings (SSSR count). The van der Waals surface area contributed by atoms with Crippen LogP contribution in [-0.4, -0.2) is 16.2 Å². The van der Waals surface area contributed by atoms with Crippen LogP contribution in [0.3, 0.4) is 0 Å². The summed E-state index contributed by atoms with van der Waals surface area (Å²) in [6.07, 6.45) is 0. The molecular formula is C30H33NO5. The molecular weight excluding hydrogens is 454 g/mol. The van der Waals surface area contributed by atoms with E-state index in [4.69, 9.17) is 14.0 Å². The van der Waals surface area contributed by atoms with Gasteiger partial charge in [0.25, 0.3) is 0 Å². The van der Waals surface area contributed by atoms with E-state index in [0.29, 0.717) is 41.5 Å². The number of carboxylic acids is 1. The summed E-state index contributed by atoms with van der Waals surface area (Å²) in [5.41, 5.74) is 4.60. The molecule has 0 unspecified atom stereocenters. The number of carbonyl (C=O) groups is 1. The molecule has 0 aliphatic carbocycles. The Morgan fingerprint density at radius 1 is 0.889 bits per heavy atom. The molecule has 1 aromatic heterocycles. The van der Waals surface area contributed by atoms with Gasteiger partial charge in [0.15, 0.2) is 0 Å². The van der Waals surface area contributed by atoms with Crippen LogP contribution < -0.4 is 9.47 Å². The van der Waals surface area contributed by atoms with Gasteiger partial charge in [0.1, 0.15) is 30.4 Å². The van der Waals surface area contributed by atoms with Crippen molar-refractivity contribution in [2.24, 2.45) is 0 Å². The average Bonchev–Trinajstić information content (AvgIpc) is 3.29. The van der Waals surface area contributed by atoms with E-state index in [1.807, 2.05) is 86.6 Å². The van der Waals surface area contributed by atoms with Gasteiger partial charge in [-0.25, -0.2) is 4.79 Å². The summed E-state index contributed by atoms with van der Waals surface area (Å²) in [4.78, 5) is 11.5. The number of hydrogen-bond acceptors (Lipinski definition) is 5. The monoisotopic (exact) mass is 487 g/mol. The minimum atomic E-state index is -1.16. The molecule has 36 heavy (non-hydrogen) atoms. The second-order valence-electron chi connectivity index (χ2n) is 8.38. The Morgan fingerprint density at radius 2 is 1.42 bits per heavy atom. The lowest BCUT2D eigenvalue weighted by atomic mass is 9.96. The molecule has 1 N–H and O–H groups in total. The molecule has 188 valence electrons. The Kier molecular flexibility index (Phi) is 9.28. The van der Waals surface area contributed by atoms with E-state index in [2.05, 4.69) is 19.0 Å². The number of rotatable bonds is 9. The summed E-state index contributed by atoms with van der Waals surface area (Å²) in [5, 5.41) is 13.5. The molecule has 0 aliphatic rings. The van der Waals surface area contributed by atoms with Crippen molar-refractivity contribution < 1.29 is 23.9 Å². The third kappa shape index (κ3) is 6.33. The standard InChI is InChI=1S/C28H27NO5.C2H6/c1-18(2)22-14-23(26-19(3)27(28(30)31)34-29-26)25(33-17-21-12-8-5-9-13-21)15-24(22)32-16-20-10-6-4-7-11-20;1-2/h4-15,18H,16-17H2,1-3H3,(H,30,31);1-2H3. The minimum Gasteiger partial charge on any atom is -0.488 e. The molecule has 0 atom stereocenters. The Labute approximate surface area is 212 Å². The van der Waals surface area contributed by atoms with Crippen molar-refractivity contribution in [2.45, 2.75) is 53.8 Å². The SMILES string of the molecule is CC.Cc1c(-c2cc(C(C)C)c(OCc3ccccc3)cc2OCc2ccccc2)noc1C(=O)O. The maximum atomic E-state index is 11.5. The molecule has 3 aromatic carbocycles. The first-order chi connectivity index (χ1) is 17.4. The second-order valence-corrected chi connectivity index (χ2v) is 8.38. The molecule has 0 bridgehead atoms. The van der Waals surface area contributed by atoms with Gasteiger partial charge in [-0.05, 0) is 35.6 Å². The van der Waals surface area contributed by atoms with Crippen molar-refractivity contribution in [3.63, 3.8) is 0 Å². The predicted molar refractivity (Wildman–Crippen MR) is 141 cm³/mol. The zero-order chi connectivity index (χ0) is 26.1. The number of hydrogen-bond donors (Lipinski definition) is 1. The van der Waals surface area contributed by atoms with Crippen LogP contribution in [0.4, 0.5) is 0 Å². The van der Waals surface area contributed by atoms with E-state index >= 15 is 0 Å². The van der Waals surface area contributed by atoms with Crippen molar-refractivity contribution >= 4 is 5.97 Å². The van der Waals surface area contributed by atoms with Crippen molar-refractivity contribution in [1.82, 2.24) is 5.16 Å². The van der Waals surface area contributed by atoms with Crippen LogP contribution in [0.2, 0.25) is 0 Å². The first-order valence-corrected chi connectivity index (χ1v) is 12.2. The highest BCUT2D eigenvalue weighted by molar-refractivity contribution is 5.89. The van der Waals surface area contributed by atoms with Gasteiger partial charge in [0.05, 0.1) is 0 Å². The molecule has 0 spiro atoms. The first kappa shape index (κ1) is 26.5. The van der Waals surface area contributed by atoms with Gasteiger partial charge in [-0.2, -0.15) is 0 Å². The summed E-state index contributed by atoms with van der Waals surface area (Å²) in [6.45, 7) is 10.6. The molecule has 0 radical (unpaired) electrons. The zero-order valence-corrected chi connectivity index (χ0v) is 21.4. The number of aromatic carboxylic acids is 1. The molecule has 0 amide bonds. The summed E-state index contributed by atoms with van der Waals surface area (Å²) >= 11 is 0. The number of ether oxygens (including phenoxy) is 2. The number of benzene rings is 3. The van der Waals surface area contributed by atoms with Crippen LogP contribution in [0.1, 0.15) is 66.4 Å². The molecule has 6 nitrogen and oxygen atoms in total. The quantitative estimate of drug-likeness (QED) is 0.261. The lowest BCUT2D eigenvalue weighted by Gasteiger charge is -2.19. The summed E-state index contributed by atoms with van der Waals surface area (Å²) in [6, 6.07) is 23.6. The molecule has 1 heterocycles. The van der Waals surface area contributed by atoms with Crippen LogP contribution in [0.25, 0.3) is 11.3 Å². The van der Waals surface area contributed by atoms with Crippen molar-refractivity contribution in [2.75, 3.05) is 0 Å². The molecule has 0 saturated carbocycles. The molecule has 0 saturated heterocycles. The predicted octanol–water partition coefficient (Wildman–Crippen LogP) is 7.66. The Hall–Kier alpha value is -4.06. The third-order valence-electron chi connectivity index (χ3n) is 5.58. The molecule has 0 aliphatic heterocycles. The third-order valence-corrected chi connectivity index (χ3v) is 5.58.